The van der Waals surface area contributed by atoms with Gasteiger partial charge < -0.3 is 15.4 Å². The van der Waals surface area contributed by atoms with Gasteiger partial charge in [0, 0.05) is 6.20 Å². The fraction of sp³-hybridized carbons (Fsp3) is 0.190. The Bertz CT molecular complexity index is 968. The fourth-order valence-electron chi connectivity index (χ4n) is 2.26. The number of ether oxygens (including phenoxy) is 1. The Morgan fingerprint density at radius 3 is 2.59 bits per heavy atom. The van der Waals surface area contributed by atoms with Crippen molar-refractivity contribution in [3.05, 3.63) is 69.8 Å². The first-order chi connectivity index (χ1) is 14.0. The molecule has 2 aromatic carbocycles. The van der Waals surface area contributed by atoms with E-state index in [0.29, 0.717) is 17.9 Å². The summed E-state index contributed by atoms with van der Waals surface area (Å²) < 4.78 is 5.22. The maximum Gasteiger partial charge on any atom is 0.340 e. The highest BCUT2D eigenvalue weighted by molar-refractivity contribution is 6.44. The molecule has 0 bridgehead atoms. The van der Waals surface area contributed by atoms with Crippen molar-refractivity contribution >= 4 is 46.5 Å². The highest BCUT2D eigenvalue weighted by Gasteiger charge is 2.15. The van der Waals surface area contributed by atoms with Crippen molar-refractivity contribution in [1.82, 2.24) is 0 Å². The number of hydrogen-bond donors (Lipinski definition) is 2. The third-order valence-corrected chi connectivity index (χ3v) is 4.63. The number of hydrogen-bond acceptors (Lipinski definition) is 5. The molecule has 0 spiro atoms. The molecule has 2 N–H and O–H groups in total. The topological polar surface area (TPSA) is 91.2 Å². The quantitative estimate of drug-likeness (QED) is 0.252. The Balaban J connectivity index is 2.15. The maximum absolute atomic E-state index is 12.4. The number of benzene rings is 2. The molecule has 1 amide bonds. The summed E-state index contributed by atoms with van der Waals surface area (Å²) in [6.07, 6.45) is 2.89. The summed E-state index contributed by atoms with van der Waals surface area (Å²) in [6.45, 7) is 2.32. The minimum Gasteiger partial charge on any atom is -0.462 e. The fourth-order valence-corrected chi connectivity index (χ4v) is 2.61. The molecule has 0 radical (unpaired) electrons. The Labute approximate surface area is 179 Å². The van der Waals surface area contributed by atoms with E-state index in [9.17, 15) is 14.9 Å². The Morgan fingerprint density at radius 2 is 1.86 bits per heavy atom. The zero-order valence-corrected chi connectivity index (χ0v) is 17.2. The number of esters is 1. The van der Waals surface area contributed by atoms with Gasteiger partial charge >= 0.3 is 5.97 Å². The predicted octanol–water partition coefficient (Wildman–Crippen LogP) is 5.41. The summed E-state index contributed by atoms with van der Waals surface area (Å²) >= 11 is 12.0. The van der Waals surface area contributed by atoms with Crippen LogP contribution in [0.25, 0.3) is 0 Å². The molecule has 0 aliphatic rings. The minimum atomic E-state index is -0.674. The van der Waals surface area contributed by atoms with Crippen molar-refractivity contribution in [1.29, 1.82) is 5.26 Å². The van der Waals surface area contributed by atoms with Crippen molar-refractivity contribution in [3.63, 3.8) is 0 Å². The van der Waals surface area contributed by atoms with Crippen LogP contribution in [0, 0.1) is 11.3 Å². The van der Waals surface area contributed by atoms with Crippen molar-refractivity contribution in [2.24, 2.45) is 0 Å². The van der Waals surface area contributed by atoms with Gasteiger partial charge in [-0.3, -0.25) is 4.79 Å². The van der Waals surface area contributed by atoms with Crippen molar-refractivity contribution < 1.29 is 14.3 Å². The third-order valence-electron chi connectivity index (χ3n) is 3.81. The van der Waals surface area contributed by atoms with E-state index < -0.39 is 11.9 Å². The lowest BCUT2D eigenvalue weighted by Crippen LogP contribution is -2.15. The van der Waals surface area contributed by atoms with E-state index in [1.165, 1.54) is 6.20 Å². The number of nitriles is 1. The number of carbonyl (C=O) groups is 2. The zero-order valence-electron chi connectivity index (χ0n) is 15.7. The number of para-hydroxylation sites is 1. The largest absolute Gasteiger partial charge is 0.462 e. The molecule has 0 aliphatic heterocycles. The molecule has 0 heterocycles. The summed E-state index contributed by atoms with van der Waals surface area (Å²) in [4.78, 5) is 24.6. The van der Waals surface area contributed by atoms with Crippen LogP contribution >= 0.6 is 23.2 Å². The van der Waals surface area contributed by atoms with Crippen molar-refractivity contribution in [2.45, 2.75) is 19.8 Å². The molecule has 0 fully saturated rings. The molecule has 0 aliphatic carbocycles. The van der Waals surface area contributed by atoms with Gasteiger partial charge in [-0.15, -0.1) is 0 Å². The van der Waals surface area contributed by atoms with Crippen LogP contribution in [0.4, 0.5) is 11.4 Å². The van der Waals surface area contributed by atoms with Crippen molar-refractivity contribution in [3.8, 4) is 6.07 Å². The summed E-state index contributed by atoms with van der Waals surface area (Å²) in [5.41, 5.74) is 0.784. The first-order valence-corrected chi connectivity index (χ1v) is 9.61. The number of nitrogens with zero attached hydrogens (tertiary/aromatic N) is 1. The molecule has 0 unspecified atom stereocenters. The molecule has 6 nitrogen and oxygen atoms in total. The number of unbranched alkanes of at least 4 members (excludes halogenated alkanes) is 1. The number of anilines is 2. The average molecular weight is 432 g/mol. The highest BCUT2D eigenvalue weighted by Crippen LogP contribution is 2.29. The third kappa shape index (κ3) is 6.24. The van der Waals surface area contributed by atoms with E-state index in [1.807, 2.05) is 13.0 Å². The van der Waals surface area contributed by atoms with Gasteiger partial charge in [0.25, 0.3) is 5.91 Å². The normalized spacial score (nSPS) is 10.8. The van der Waals surface area contributed by atoms with Gasteiger partial charge in [0.2, 0.25) is 0 Å². The molecule has 0 aromatic heterocycles. The Kier molecular flexibility index (Phi) is 8.53. The van der Waals surface area contributed by atoms with Crippen LogP contribution in [0.2, 0.25) is 10.0 Å². The van der Waals surface area contributed by atoms with Crippen LogP contribution in [0.15, 0.2) is 54.2 Å². The van der Waals surface area contributed by atoms with Gasteiger partial charge in [0.15, 0.2) is 0 Å². The minimum absolute atomic E-state index is 0.174. The second-order valence-corrected chi connectivity index (χ2v) is 6.69. The summed E-state index contributed by atoms with van der Waals surface area (Å²) in [5, 5.41) is 15.1. The molecule has 0 saturated heterocycles. The van der Waals surface area contributed by atoms with Crippen LogP contribution < -0.4 is 10.6 Å². The maximum atomic E-state index is 12.4. The summed E-state index contributed by atoms with van der Waals surface area (Å²) in [6, 6.07) is 13.2. The highest BCUT2D eigenvalue weighted by atomic mass is 35.5. The number of halogens is 2. The molecule has 8 heteroatoms. The van der Waals surface area contributed by atoms with E-state index in [1.54, 1.807) is 42.5 Å². The Hall–Kier alpha value is -3.01. The van der Waals surface area contributed by atoms with Crippen LogP contribution in [0.3, 0.4) is 0 Å². The summed E-state index contributed by atoms with van der Waals surface area (Å²) in [7, 11) is 0. The molecule has 150 valence electrons. The van der Waals surface area contributed by atoms with Crippen LogP contribution in [-0.2, 0) is 9.53 Å². The number of carbonyl (C=O) groups excluding carboxylic acids is 2. The smallest absolute Gasteiger partial charge is 0.340 e. The molecule has 29 heavy (non-hydrogen) atoms. The lowest BCUT2D eigenvalue weighted by molar-refractivity contribution is -0.112. The van der Waals surface area contributed by atoms with Crippen LogP contribution in [0.5, 0.6) is 0 Å². The van der Waals surface area contributed by atoms with Gasteiger partial charge in [0.05, 0.1) is 33.6 Å². The number of nitrogens with one attached hydrogen (secondary N) is 2. The Morgan fingerprint density at radius 1 is 1.14 bits per heavy atom. The lowest BCUT2D eigenvalue weighted by Gasteiger charge is -2.10. The van der Waals surface area contributed by atoms with Gasteiger partial charge in [0.1, 0.15) is 11.6 Å². The van der Waals surface area contributed by atoms with E-state index in [-0.39, 0.29) is 21.3 Å². The molecular formula is C21H19Cl2N3O3. The van der Waals surface area contributed by atoms with E-state index in [0.717, 1.165) is 12.8 Å². The molecule has 2 rings (SSSR count). The van der Waals surface area contributed by atoms with E-state index >= 15 is 0 Å². The SMILES string of the molecule is CCCCOC(=O)c1ccccc1N/C=C(/C#N)C(=O)Nc1cccc(Cl)c1Cl. The average Bonchev–Trinajstić information content (AvgIpc) is 2.72. The lowest BCUT2D eigenvalue weighted by atomic mass is 10.1. The standard InChI is InChI=1S/C21H19Cl2N3O3/c1-2-3-11-29-21(28)15-7-4-5-9-17(15)25-13-14(12-24)20(27)26-18-10-6-8-16(22)19(18)23/h4-10,13,25H,2-3,11H2,1H3,(H,26,27)/b14-13-. The van der Waals surface area contributed by atoms with E-state index in [4.69, 9.17) is 27.9 Å². The zero-order chi connectivity index (χ0) is 21.2. The van der Waals surface area contributed by atoms with Gasteiger partial charge in [-0.1, -0.05) is 54.7 Å². The predicted molar refractivity (Wildman–Crippen MR) is 114 cm³/mol. The van der Waals surface area contributed by atoms with E-state index in [2.05, 4.69) is 10.6 Å². The van der Waals surface area contributed by atoms with Gasteiger partial charge in [-0.05, 0) is 30.7 Å². The monoisotopic (exact) mass is 431 g/mol. The van der Waals surface area contributed by atoms with Crippen molar-refractivity contribution in [2.75, 3.05) is 17.2 Å². The molecule has 0 saturated carbocycles. The molecule has 0 atom stereocenters. The molecule has 2 aromatic rings. The van der Waals surface area contributed by atoms with Crippen LogP contribution in [0.1, 0.15) is 30.1 Å². The van der Waals surface area contributed by atoms with Crippen LogP contribution in [-0.4, -0.2) is 18.5 Å². The van der Waals surface area contributed by atoms with Gasteiger partial charge in [-0.25, -0.2) is 4.79 Å². The molecular weight excluding hydrogens is 413 g/mol. The first kappa shape index (κ1) is 22.3. The first-order valence-electron chi connectivity index (χ1n) is 8.86. The second-order valence-electron chi connectivity index (χ2n) is 5.90. The second kappa shape index (κ2) is 11.1. The number of amides is 1. The summed E-state index contributed by atoms with van der Waals surface area (Å²) in [5.74, 6) is -1.16. The number of rotatable bonds is 8. The van der Waals surface area contributed by atoms with Gasteiger partial charge in [-0.2, -0.15) is 5.26 Å².